The summed E-state index contributed by atoms with van der Waals surface area (Å²) < 4.78 is 14.6. The van der Waals surface area contributed by atoms with Gasteiger partial charge in [0.2, 0.25) is 5.91 Å². The van der Waals surface area contributed by atoms with Gasteiger partial charge in [-0.3, -0.25) is 14.5 Å². The lowest BCUT2D eigenvalue weighted by atomic mass is 10.1. The standard InChI is InChI=1S/C22H28FN5O2/c23-18-5-7-19(8-6-18)28-11-9-20(25-28)21(29)24-10-12-26-13-15-27(16-14-26)22(30)17-3-1-2-4-17/h5-9,11,17H,1-4,10,12-16H2,(H,24,29). The highest BCUT2D eigenvalue weighted by Crippen LogP contribution is 2.26. The van der Waals surface area contributed by atoms with Crippen molar-refractivity contribution in [2.75, 3.05) is 39.3 Å². The lowest BCUT2D eigenvalue weighted by Crippen LogP contribution is -2.51. The van der Waals surface area contributed by atoms with Crippen LogP contribution in [0.15, 0.2) is 36.5 Å². The molecule has 4 rings (SSSR count). The van der Waals surface area contributed by atoms with Gasteiger partial charge in [-0.2, -0.15) is 5.10 Å². The number of rotatable bonds is 6. The van der Waals surface area contributed by atoms with Crippen LogP contribution in [0.3, 0.4) is 0 Å². The molecule has 30 heavy (non-hydrogen) atoms. The second-order valence-corrected chi connectivity index (χ2v) is 8.03. The van der Waals surface area contributed by atoms with Gasteiger partial charge in [-0.05, 0) is 43.2 Å². The Hall–Kier alpha value is -2.74. The van der Waals surface area contributed by atoms with Gasteiger partial charge in [0.1, 0.15) is 5.82 Å². The van der Waals surface area contributed by atoms with Crippen molar-refractivity contribution in [1.82, 2.24) is 24.9 Å². The van der Waals surface area contributed by atoms with Crippen molar-refractivity contribution in [3.8, 4) is 5.69 Å². The van der Waals surface area contributed by atoms with Crippen molar-refractivity contribution in [3.63, 3.8) is 0 Å². The molecule has 0 atom stereocenters. The summed E-state index contributed by atoms with van der Waals surface area (Å²) in [4.78, 5) is 29.1. The van der Waals surface area contributed by atoms with Crippen LogP contribution in [0.5, 0.6) is 0 Å². The third kappa shape index (κ3) is 4.87. The molecule has 2 heterocycles. The fraction of sp³-hybridized carbons (Fsp3) is 0.500. The van der Waals surface area contributed by atoms with Gasteiger partial charge in [-0.25, -0.2) is 9.07 Å². The number of benzene rings is 1. The monoisotopic (exact) mass is 413 g/mol. The first-order valence-corrected chi connectivity index (χ1v) is 10.7. The van der Waals surface area contributed by atoms with Gasteiger partial charge in [0.15, 0.2) is 5.69 Å². The lowest BCUT2D eigenvalue weighted by Gasteiger charge is -2.36. The highest BCUT2D eigenvalue weighted by atomic mass is 19.1. The van der Waals surface area contributed by atoms with E-state index in [9.17, 15) is 14.0 Å². The molecule has 0 bridgehead atoms. The summed E-state index contributed by atoms with van der Waals surface area (Å²) in [5.41, 5.74) is 1.02. The minimum Gasteiger partial charge on any atom is -0.349 e. The Morgan fingerprint density at radius 2 is 1.73 bits per heavy atom. The molecule has 1 aliphatic carbocycles. The molecule has 0 unspecified atom stereocenters. The minimum atomic E-state index is -0.312. The molecule has 1 N–H and O–H groups in total. The van der Waals surface area contributed by atoms with Crippen LogP contribution in [-0.4, -0.2) is 70.7 Å². The second kappa shape index (κ2) is 9.38. The number of carbonyl (C=O) groups is 2. The molecule has 2 fully saturated rings. The van der Waals surface area contributed by atoms with Crippen LogP contribution in [0.1, 0.15) is 36.2 Å². The molecular formula is C22H28FN5O2. The summed E-state index contributed by atoms with van der Waals surface area (Å²) in [6.45, 7) is 4.49. The molecule has 7 nitrogen and oxygen atoms in total. The van der Waals surface area contributed by atoms with Crippen molar-refractivity contribution >= 4 is 11.8 Å². The van der Waals surface area contributed by atoms with Gasteiger partial charge in [-0.15, -0.1) is 0 Å². The summed E-state index contributed by atoms with van der Waals surface area (Å²) in [5, 5.41) is 7.17. The molecule has 0 spiro atoms. The number of hydrogen-bond acceptors (Lipinski definition) is 4. The number of piperazine rings is 1. The Labute approximate surface area is 175 Å². The Balaban J connectivity index is 1.19. The highest BCUT2D eigenvalue weighted by molar-refractivity contribution is 5.92. The third-order valence-electron chi connectivity index (χ3n) is 6.01. The van der Waals surface area contributed by atoms with E-state index in [1.807, 2.05) is 4.90 Å². The van der Waals surface area contributed by atoms with Crippen LogP contribution in [0, 0.1) is 11.7 Å². The molecule has 2 amide bonds. The van der Waals surface area contributed by atoms with Gasteiger partial charge in [0, 0.05) is 51.4 Å². The van der Waals surface area contributed by atoms with E-state index in [4.69, 9.17) is 0 Å². The van der Waals surface area contributed by atoms with Gasteiger partial charge < -0.3 is 10.2 Å². The quantitative estimate of drug-likeness (QED) is 0.787. The Morgan fingerprint density at radius 1 is 1.03 bits per heavy atom. The van der Waals surface area contributed by atoms with Crippen molar-refractivity contribution < 1.29 is 14.0 Å². The summed E-state index contributed by atoms with van der Waals surface area (Å²) in [7, 11) is 0. The molecule has 1 aromatic carbocycles. The smallest absolute Gasteiger partial charge is 0.271 e. The SMILES string of the molecule is O=C(NCCN1CCN(C(=O)C2CCCC2)CC1)c1ccn(-c2ccc(F)cc2)n1. The topological polar surface area (TPSA) is 70.5 Å². The van der Waals surface area contributed by atoms with Crippen LogP contribution in [0.25, 0.3) is 5.69 Å². The summed E-state index contributed by atoms with van der Waals surface area (Å²) in [6.07, 6.45) is 6.13. The van der Waals surface area contributed by atoms with Crippen LogP contribution in [-0.2, 0) is 4.79 Å². The maximum Gasteiger partial charge on any atom is 0.271 e. The number of hydrogen-bond donors (Lipinski definition) is 1. The first-order valence-electron chi connectivity index (χ1n) is 10.7. The van der Waals surface area contributed by atoms with E-state index >= 15 is 0 Å². The van der Waals surface area contributed by atoms with Crippen LogP contribution in [0.2, 0.25) is 0 Å². The average molecular weight is 413 g/mol. The van der Waals surface area contributed by atoms with Crippen molar-refractivity contribution in [2.45, 2.75) is 25.7 Å². The van der Waals surface area contributed by atoms with E-state index in [1.54, 1.807) is 29.1 Å². The predicted molar refractivity (Wildman–Crippen MR) is 111 cm³/mol. The van der Waals surface area contributed by atoms with E-state index < -0.39 is 0 Å². The molecule has 1 aliphatic heterocycles. The van der Waals surface area contributed by atoms with E-state index in [-0.39, 0.29) is 17.6 Å². The number of halogens is 1. The minimum absolute atomic E-state index is 0.231. The average Bonchev–Trinajstić information content (AvgIpc) is 3.47. The fourth-order valence-corrected chi connectivity index (χ4v) is 4.22. The van der Waals surface area contributed by atoms with Crippen molar-refractivity contribution in [3.05, 3.63) is 48.0 Å². The normalized spacial score (nSPS) is 18.0. The van der Waals surface area contributed by atoms with Gasteiger partial charge in [0.25, 0.3) is 5.91 Å². The first-order chi connectivity index (χ1) is 14.6. The van der Waals surface area contributed by atoms with E-state index in [1.165, 1.54) is 25.0 Å². The first kappa shape index (κ1) is 20.5. The second-order valence-electron chi connectivity index (χ2n) is 8.03. The summed E-state index contributed by atoms with van der Waals surface area (Å²) in [6, 6.07) is 7.59. The van der Waals surface area contributed by atoms with Gasteiger partial charge in [-0.1, -0.05) is 12.8 Å². The zero-order valence-corrected chi connectivity index (χ0v) is 17.1. The summed E-state index contributed by atoms with van der Waals surface area (Å²) in [5.74, 6) is 0.0289. The molecule has 0 radical (unpaired) electrons. The predicted octanol–water partition coefficient (Wildman–Crippen LogP) is 2.08. The molecular weight excluding hydrogens is 385 g/mol. The van der Waals surface area contributed by atoms with Crippen molar-refractivity contribution in [2.24, 2.45) is 5.92 Å². The number of nitrogens with one attached hydrogen (secondary N) is 1. The third-order valence-corrected chi connectivity index (χ3v) is 6.01. The molecule has 2 aromatic rings. The molecule has 2 aliphatic rings. The number of carbonyl (C=O) groups excluding carboxylic acids is 2. The number of aromatic nitrogens is 2. The Morgan fingerprint density at radius 3 is 2.43 bits per heavy atom. The highest BCUT2D eigenvalue weighted by Gasteiger charge is 2.29. The lowest BCUT2D eigenvalue weighted by molar-refractivity contribution is -0.137. The molecule has 1 saturated heterocycles. The maximum absolute atomic E-state index is 13.0. The molecule has 160 valence electrons. The summed E-state index contributed by atoms with van der Waals surface area (Å²) >= 11 is 0. The maximum atomic E-state index is 13.0. The number of amides is 2. The number of nitrogens with zero attached hydrogens (tertiary/aromatic N) is 4. The van der Waals surface area contributed by atoms with Crippen LogP contribution in [0.4, 0.5) is 4.39 Å². The van der Waals surface area contributed by atoms with E-state index in [0.717, 1.165) is 45.6 Å². The van der Waals surface area contributed by atoms with Crippen LogP contribution < -0.4 is 5.32 Å². The van der Waals surface area contributed by atoms with Crippen molar-refractivity contribution in [1.29, 1.82) is 0 Å². The Kier molecular flexibility index (Phi) is 6.42. The fourth-order valence-electron chi connectivity index (χ4n) is 4.22. The van der Waals surface area contributed by atoms with Gasteiger partial charge >= 0.3 is 0 Å². The van der Waals surface area contributed by atoms with Crippen LogP contribution >= 0.6 is 0 Å². The molecule has 1 saturated carbocycles. The molecule has 1 aromatic heterocycles. The zero-order chi connectivity index (χ0) is 20.9. The molecule has 8 heteroatoms. The van der Waals surface area contributed by atoms with Gasteiger partial charge in [0.05, 0.1) is 5.69 Å². The Bertz CT molecular complexity index is 868. The largest absolute Gasteiger partial charge is 0.349 e. The van der Waals surface area contributed by atoms with E-state index in [2.05, 4.69) is 15.3 Å². The van der Waals surface area contributed by atoms with E-state index in [0.29, 0.717) is 23.8 Å². The zero-order valence-electron chi connectivity index (χ0n) is 17.1.